The average Bonchev–Trinajstić information content (AvgIpc) is 3.15. The van der Waals surface area contributed by atoms with E-state index < -0.39 is 18.0 Å². The largest absolute Gasteiger partial charge is 0.340 e. The van der Waals surface area contributed by atoms with E-state index in [4.69, 9.17) is 11.6 Å². The number of aromatic nitrogens is 3. The second-order valence-electron chi connectivity index (χ2n) is 7.60. The molecule has 1 aliphatic heterocycles. The Morgan fingerprint density at radius 3 is 2.80 bits per heavy atom. The van der Waals surface area contributed by atoms with Crippen molar-refractivity contribution in [3.8, 4) is 11.4 Å². The maximum absolute atomic E-state index is 14.4. The predicted molar refractivity (Wildman–Crippen MR) is 114 cm³/mol. The second-order valence-corrected chi connectivity index (χ2v) is 8.04. The molecule has 5 nitrogen and oxygen atoms in total. The number of pyridine rings is 1. The smallest absolute Gasteiger partial charge is 0.164 e. The van der Waals surface area contributed by atoms with E-state index in [2.05, 4.69) is 25.6 Å². The maximum Gasteiger partial charge on any atom is 0.164 e. The minimum atomic E-state index is -0.985. The Morgan fingerprint density at radius 1 is 1.23 bits per heavy atom. The van der Waals surface area contributed by atoms with Gasteiger partial charge in [-0.05, 0) is 43.1 Å². The number of nitrogens with zero attached hydrogens (tertiary/aromatic N) is 3. The maximum atomic E-state index is 14.4. The Hall–Kier alpha value is -2.64. The molecular formula is C22H22ClF2N5. The Kier molecular flexibility index (Phi) is 5.92. The van der Waals surface area contributed by atoms with E-state index in [-0.39, 0.29) is 17.3 Å². The molecule has 0 bridgehead atoms. The summed E-state index contributed by atoms with van der Waals surface area (Å²) in [5.41, 5.74) is 2.51. The summed E-state index contributed by atoms with van der Waals surface area (Å²) in [6.45, 7) is 4.66. The van der Waals surface area contributed by atoms with Crippen LogP contribution < -0.4 is 10.6 Å². The minimum absolute atomic E-state index is 0.120. The van der Waals surface area contributed by atoms with Crippen LogP contribution in [0.1, 0.15) is 43.4 Å². The Morgan fingerprint density at radius 2 is 2.07 bits per heavy atom. The van der Waals surface area contributed by atoms with Gasteiger partial charge in [0.05, 0.1) is 11.6 Å². The highest BCUT2D eigenvalue weighted by molar-refractivity contribution is 6.30. The molecule has 0 aliphatic carbocycles. The van der Waals surface area contributed by atoms with Crippen molar-refractivity contribution in [3.05, 3.63) is 64.8 Å². The van der Waals surface area contributed by atoms with Crippen molar-refractivity contribution in [3.63, 3.8) is 0 Å². The molecule has 156 valence electrons. The van der Waals surface area contributed by atoms with Gasteiger partial charge in [-0.1, -0.05) is 25.4 Å². The lowest BCUT2D eigenvalue weighted by Gasteiger charge is -2.20. The van der Waals surface area contributed by atoms with Crippen molar-refractivity contribution in [1.29, 1.82) is 0 Å². The van der Waals surface area contributed by atoms with Gasteiger partial charge in [-0.2, -0.15) is 0 Å². The van der Waals surface area contributed by atoms with Gasteiger partial charge in [-0.3, -0.25) is 4.98 Å². The molecule has 2 aromatic heterocycles. The zero-order valence-corrected chi connectivity index (χ0v) is 17.4. The molecule has 4 rings (SSSR count). The summed E-state index contributed by atoms with van der Waals surface area (Å²) in [6, 6.07) is 5.62. The van der Waals surface area contributed by atoms with E-state index in [1.165, 1.54) is 18.2 Å². The third-order valence-corrected chi connectivity index (χ3v) is 5.43. The van der Waals surface area contributed by atoms with E-state index >= 15 is 0 Å². The molecule has 1 aliphatic rings. The molecule has 8 heteroatoms. The SMILES string of the molecule is CC(C)c1cnc(-c2cc(Cl)ccc2F)nc1Nc1ccncc1C1NCCC1F. The summed E-state index contributed by atoms with van der Waals surface area (Å²) in [7, 11) is 0. The molecule has 3 heterocycles. The minimum Gasteiger partial charge on any atom is -0.340 e. The lowest BCUT2D eigenvalue weighted by Crippen LogP contribution is -2.20. The molecule has 30 heavy (non-hydrogen) atoms. The van der Waals surface area contributed by atoms with Gasteiger partial charge in [0.15, 0.2) is 5.82 Å². The molecule has 2 atom stereocenters. The van der Waals surface area contributed by atoms with Gasteiger partial charge in [-0.15, -0.1) is 0 Å². The molecule has 2 unspecified atom stereocenters. The third-order valence-electron chi connectivity index (χ3n) is 5.19. The highest BCUT2D eigenvalue weighted by Gasteiger charge is 2.30. The standard InChI is InChI=1S/C22H22ClF2N5/c1-12(2)15-11-28-21(14-9-13(23)3-4-17(14)24)30-22(15)29-19-6-7-26-10-16(19)20-18(25)5-8-27-20/h3-4,6-7,9-12,18,20,27H,5,8H2,1-2H3,(H,26,28,29,30). The molecule has 1 fully saturated rings. The van der Waals surface area contributed by atoms with Crippen molar-refractivity contribution < 1.29 is 8.78 Å². The molecular weight excluding hydrogens is 408 g/mol. The van der Waals surface area contributed by atoms with Crippen LogP contribution in [0.3, 0.4) is 0 Å². The number of nitrogens with one attached hydrogen (secondary N) is 2. The molecule has 0 amide bonds. The number of benzene rings is 1. The molecule has 3 aromatic rings. The van der Waals surface area contributed by atoms with Crippen LogP contribution in [0, 0.1) is 5.82 Å². The molecule has 1 saturated heterocycles. The van der Waals surface area contributed by atoms with Crippen LogP contribution in [-0.2, 0) is 0 Å². The van der Waals surface area contributed by atoms with Crippen LogP contribution >= 0.6 is 11.6 Å². The number of halogens is 3. The number of alkyl halides is 1. The van der Waals surface area contributed by atoms with Gasteiger partial charge >= 0.3 is 0 Å². The van der Waals surface area contributed by atoms with Crippen LogP contribution in [0.15, 0.2) is 42.9 Å². The van der Waals surface area contributed by atoms with E-state index in [1.54, 1.807) is 24.7 Å². The highest BCUT2D eigenvalue weighted by Crippen LogP contribution is 2.34. The fraction of sp³-hybridized carbons (Fsp3) is 0.318. The normalized spacial score (nSPS) is 18.7. The molecule has 0 radical (unpaired) electrons. The van der Waals surface area contributed by atoms with E-state index in [0.29, 0.717) is 29.5 Å². The summed E-state index contributed by atoms with van der Waals surface area (Å²) in [5.74, 6) is 0.423. The van der Waals surface area contributed by atoms with Crippen molar-refractivity contribution in [1.82, 2.24) is 20.3 Å². The summed E-state index contributed by atoms with van der Waals surface area (Å²) in [5, 5.41) is 6.89. The fourth-order valence-electron chi connectivity index (χ4n) is 3.58. The van der Waals surface area contributed by atoms with E-state index in [9.17, 15) is 8.78 Å². The third kappa shape index (κ3) is 4.13. The quantitative estimate of drug-likeness (QED) is 0.555. The van der Waals surface area contributed by atoms with Crippen molar-refractivity contribution in [2.24, 2.45) is 0 Å². The number of anilines is 2. The van der Waals surface area contributed by atoms with Gasteiger partial charge in [-0.25, -0.2) is 18.7 Å². The van der Waals surface area contributed by atoms with Crippen LogP contribution in [0.25, 0.3) is 11.4 Å². The van der Waals surface area contributed by atoms with Crippen molar-refractivity contribution in [2.75, 3.05) is 11.9 Å². The molecule has 1 aromatic carbocycles. The summed E-state index contributed by atoms with van der Waals surface area (Å²) < 4.78 is 28.7. The number of hydrogen-bond acceptors (Lipinski definition) is 5. The van der Waals surface area contributed by atoms with Crippen molar-refractivity contribution >= 4 is 23.1 Å². The van der Waals surface area contributed by atoms with Gasteiger partial charge in [0.2, 0.25) is 0 Å². The topological polar surface area (TPSA) is 62.7 Å². The lowest BCUT2D eigenvalue weighted by molar-refractivity contribution is 0.305. The van der Waals surface area contributed by atoms with E-state index in [1.807, 2.05) is 13.8 Å². The monoisotopic (exact) mass is 429 g/mol. The van der Waals surface area contributed by atoms with Crippen LogP contribution in [-0.4, -0.2) is 27.7 Å². The summed E-state index contributed by atoms with van der Waals surface area (Å²) in [6.07, 6.45) is 4.46. The molecule has 0 spiro atoms. The van der Waals surface area contributed by atoms with Crippen molar-refractivity contribution in [2.45, 2.75) is 38.4 Å². The van der Waals surface area contributed by atoms with Gasteiger partial charge < -0.3 is 10.6 Å². The first-order chi connectivity index (χ1) is 14.4. The summed E-state index contributed by atoms with van der Waals surface area (Å²) >= 11 is 6.04. The first-order valence-electron chi connectivity index (χ1n) is 9.84. The summed E-state index contributed by atoms with van der Waals surface area (Å²) in [4.78, 5) is 13.1. The number of hydrogen-bond donors (Lipinski definition) is 2. The first kappa shape index (κ1) is 20.6. The first-order valence-corrected chi connectivity index (χ1v) is 10.2. The fourth-order valence-corrected chi connectivity index (χ4v) is 3.76. The van der Waals surface area contributed by atoms with E-state index in [0.717, 1.165) is 11.1 Å². The number of rotatable bonds is 5. The van der Waals surface area contributed by atoms with Crippen LogP contribution in [0.2, 0.25) is 5.02 Å². The Bertz CT molecular complexity index is 1060. The predicted octanol–water partition coefficient (Wildman–Crippen LogP) is 5.57. The Balaban J connectivity index is 1.76. The highest BCUT2D eigenvalue weighted by atomic mass is 35.5. The molecule has 2 N–H and O–H groups in total. The van der Waals surface area contributed by atoms with Gasteiger partial charge in [0.1, 0.15) is 17.8 Å². The zero-order chi connectivity index (χ0) is 21.3. The Labute approximate surface area is 178 Å². The zero-order valence-electron chi connectivity index (χ0n) is 16.7. The second kappa shape index (κ2) is 8.62. The van der Waals surface area contributed by atoms with Gasteiger partial charge in [0, 0.05) is 40.4 Å². The average molecular weight is 430 g/mol. The molecule has 0 saturated carbocycles. The van der Waals surface area contributed by atoms with Gasteiger partial charge in [0.25, 0.3) is 0 Å². The van der Waals surface area contributed by atoms with Crippen LogP contribution in [0.5, 0.6) is 0 Å². The lowest BCUT2D eigenvalue weighted by atomic mass is 10.0. The van der Waals surface area contributed by atoms with Crippen LogP contribution in [0.4, 0.5) is 20.3 Å².